The highest BCUT2D eigenvalue weighted by Gasteiger charge is 2.23. The average Bonchev–Trinajstić information content (AvgIpc) is 2.38. The lowest BCUT2D eigenvalue weighted by atomic mass is 9.98. The Kier molecular flexibility index (Phi) is 4.04. The molecule has 0 aliphatic rings. The normalized spacial score (nSPS) is 12.1. The highest BCUT2D eigenvalue weighted by atomic mass is 79.9. The minimum Gasteiger partial charge on any atom is -0.481 e. The highest BCUT2D eigenvalue weighted by molar-refractivity contribution is 9.10. The van der Waals surface area contributed by atoms with Crippen molar-refractivity contribution < 1.29 is 9.90 Å². The molecule has 0 radical (unpaired) electrons. The van der Waals surface area contributed by atoms with Crippen LogP contribution >= 0.6 is 15.9 Å². The molecule has 1 N–H and O–H groups in total. The predicted octanol–water partition coefficient (Wildman–Crippen LogP) is 2.65. The maximum Gasteiger partial charge on any atom is 0.314 e. The van der Waals surface area contributed by atoms with Crippen LogP contribution in [0.5, 0.6) is 0 Å². The topological polar surface area (TPSA) is 63.1 Å². The fourth-order valence-corrected chi connectivity index (χ4v) is 2.11. The standard InChI is InChI=1S/C13H11BrN2O2/c14-11-5-2-1-4-9(11)8-10(13(17)18)12-15-6-3-7-16-12/h1-7,10H,8H2,(H,17,18). The van der Waals surface area contributed by atoms with Gasteiger partial charge in [-0.2, -0.15) is 0 Å². The van der Waals surface area contributed by atoms with E-state index in [4.69, 9.17) is 0 Å². The molecule has 1 unspecified atom stereocenters. The predicted molar refractivity (Wildman–Crippen MR) is 70.3 cm³/mol. The van der Waals surface area contributed by atoms with Crippen molar-refractivity contribution in [1.29, 1.82) is 0 Å². The van der Waals surface area contributed by atoms with Gasteiger partial charge in [-0.15, -0.1) is 0 Å². The van der Waals surface area contributed by atoms with E-state index in [2.05, 4.69) is 25.9 Å². The highest BCUT2D eigenvalue weighted by Crippen LogP contribution is 2.23. The van der Waals surface area contributed by atoms with Crippen molar-refractivity contribution in [3.8, 4) is 0 Å². The van der Waals surface area contributed by atoms with Crippen LogP contribution in [0.1, 0.15) is 17.3 Å². The summed E-state index contributed by atoms with van der Waals surface area (Å²) >= 11 is 3.41. The second-order valence-electron chi connectivity index (χ2n) is 3.79. The van der Waals surface area contributed by atoms with E-state index in [0.29, 0.717) is 12.2 Å². The molecule has 2 aromatic rings. The Balaban J connectivity index is 2.28. The van der Waals surface area contributed by atoms with E-state index in [-0.39, 0.29) is 0 Å². The molecule has 0 spiro atoms. The van der Waals surface area contributed by atoms with E-state index >= 15 is 0 Å². The van der Waals surface area contributed by atoms with Crippen LogP contribution in [-0.2, 0) is 11.2 Å². The van der Waals surface area contributed by atoms with Crippen LogP contribution < -0.4 is 0 Å². The maximum atomic E-state index is 11.3. The second kappa shape index (κ2) is 5.73. The number of carbonyl (C=O) groups is 1. The molecule has 5 heteroatoms. The summed E-state index contributed by atoms with van der Waals surface area (Å²) in [5, 5.41) is 9.28. The smallest absolute Gasteiger partial charge is 0.314 e. The second-order valence-corrected chi connectivity index (χ2v) is 4.65. The molecule has 18 heavy (non-hydrogen) atoms. The number of benzene rings is 1. The largest absolute Gasteiger partial charge is 0.481 e. The van der Waals surface area contributed by atoms with Gasteiger partial charge in [-0.25, -0.2) is 9.97 Å². The SMILES string of the molecule is O=C(O)C(Cc1ccccc1Br)c1ncccn1. The lowest BCUT2D eigenvalue weighted by Crippen LogP contribution is -2.17. The molecule has 0 saturated carbocycles. The first kappa shape index (κ1) is 12.7. The van der Waals surface area contributed by atoms with Crippen LogP contribution in [-0.4, -0.2) is 21.0 Å². The third-order valence-electron chi connectivity index (χ3n) is 2.58. The van der Waals surface area contributed by atoms with Crippen molar-refractivity contribution in [1.82, 2.24) is 9.97 Å². The van der Waals surface area contributed by atoms with Crippen molar-refractivity contribution in [2.45, 2.75) is 12.3 Å². The fraction of sp³-hybridized carbons (Fsp3) is 0.154. The van der Waals surface area contributed by atoms with Crippen molar-refractivity contribution in [3.05, 3.63) is 58.6 Å². The Morgan fingerprint density at radius 1 is 1.22 bits per heavy atom. The van der Waals surface area contributed by atoms with Crippen molar-refractivity contribution in [2.24, 2.45) is 0 Å². The summed E-state index contributed by atoms with van der Waals surface area (Å²) < 4.78 is 0.896. The molecule has 0 fully saturated rings. The molecule has 0 amide bonds. The first-order valence-corrected chi connectivity index (χ1v) is 6.21. The molecule has 1 heterocycles. The van der Waals surface area contributed by atoms with E-state index in [0.717, 1.165) is 10.0 Å². The zero-order valence-corrected chi connectivity index (χ0v) is 11.0. The number of carboxylic acid groups (broad SMARTS) is 1. The molecular weight excluding hydrogens is 296 g/mol. The zero-order valence-electron chi connectivity index (χ0n) is 9.45. The van der Waals surface area contributed by atoms with Crippen molar-refractivity contribution in [3.63, 3.8) is 0 Å². The summed E-state index contributed by atoms with van der Waals surface area (Å²) in [6.07, 6.45) is 3.47. The minimum absolute atomic E-state index is 0.334. The third kappa shape index (κ3) is 2.92. The van der Waals surface area contributed by atoms with Gasteiger partial charge < -0.3 is 5.11 Å². The third-order valence-corrected chi connectivity index (χ3v) is 3.35. The van der Waals surface area contributed by atoms with Gasteiger partial charge >= 0.3 is 5.97 Å². The van der Waals surface area contributed by atoms with Crippen LogP contribution in [0.15, 0.2) is 47.2 Å². The van der Waals surface area contributed by atoms with E-state index in [1.54, 1.807) is 18.5 Å². The van der Waals surface area contributed by atoms with Crippen LogP contribution in [0.3, 0.4) is 0 Å². The Hall–Kier alpha value is -1.75. The van der Waals surface area contributed by atoms with Gasteiger partial charge in [0.25, 0.3) is 0 Å². The van der Waals surface area contributed by atoms with Gasteiger partial charge in [0, 0.05) is 16.9 Å². The molecule has 2 rings (SSSR count). The maximum absolute atomic E-state index is 11.3. The van der Waals surface area contributed by atoms with Gasteiger partial charge in [0.15, 0.2) is 0 Å². The average molecular weight is 307 g/mol. The van der Waals surface area contributed by atoms with Crippen molar-refractivity contribution >= 4 is 21.9 Å². The Labute approximate surface area is 113 Å². The van der Waals surface area contributed by atoms with Crippen LogP contribution in [0.25, 0.3) is 0 Å². The summed E-state index contributed by atoms with van der Waals surface area (Å²) in [5.74, 6) is -1.32. The number of halogens is 1. The molecule has 1 atom stereocenters. The number of nitrogens with zero attached hydrogens (tertiary/aromatic N) is 2. The Morgan fingerprint density at radius 2 is 1.89 bits per heavy atom. The number of aliphatic carboxylic acids is 1. The molecule has 1 aromatic carbocycles. The van der Waals surface area contributed by atoms with E-state index in [1.165, 1.54) is 0 Å². The number of carboxylic acids is 1. The lowest BCUT2D eigenvalue weighted by molar-refractivity contribution is -0.139. The van der Waals surface area contributed by atoms with E-state index in [1.807, 2.05) is 24.3 Å². The van der Waals surface area contributed by atoms with Gasteiger partial charge in [0.2, 0.25) is 0 Å². The van der Waals surface area contributed by atoms with Gasteiger partial charge in [-0.1, -0.05) is 34.1 Å². The number of rotatable bonds is 4. The van der Waals surface area contributed by atoms with Crippen LogP contribution in [0.2, 0.25) is 0 Å². The summed E-state index contributed by atoms with van der Waals surface area (Å²) in [7, 11) is 0. The van der Waals surface area contributed by atoms with E-state index < -0.39 is 11.9 Å². The molecule has 0 aliphatic carbocycles. The van der Waals surface area contributed by atoms with Crippen LogP contribution in [0.4, 0.5) is 0 Å². The molecular formula is C13H11BrN2O2. The fourth-order valence-electron chi connectivity index (χ4n) is 1.66. The molecule has 4 nitrogen and oxygen atoms in total. The summed E-state index contributed by atoms with van der Waals surface area (Å²) in [6, 6.07) is 9.22. The Bertz CT molecular complexity index is 546. The number of hydrogen-bond acceptors (Lipinski definition) is 3. The summed E-state index contributed by atoms with van der Waals surface area (Å²) in [4.78, 5) is 19.4. The lowest BCUT2D eigenvalue weighted by Gasteiger charge is -2.11. The Morgan fingerprint density at radius 3 is 2.50 bits per heavy atom. The van der Waals surface area contributed by atoms with Gasteiger partial charge in [-0.05, 0) is 24.1 Å². The number of aromatic nitrogens is 2. The van der Waals surface area contributed by atoms with Crippen LogP contribution in [0, 0.1) is 0 Å². The molecule has 0 aliphatic heterocycles. The van der Waals surface area contributed by atoms with Crippen molar-refractivity contribution in [2.75, 3.05) is 0 Å². The minimum atomic E-state index is -0.919. The zero-order chi connectivity index (χ0) is 13.0. The molecule has 1 aromatic heterocycles. The summed E-state index contributed by atoms with van der Waals surface area (Å²) in [6.45, 7) is 0. The summed E-state index contributed by atoms with van der Waals surface area (Å²) in [5.41, 5.74) is 0.928. The number of hydrogen-bond donors (Lipinski definition) is 1. The van der Waals surface area contributed by atoms with Gasteiger partial charge in [-0.3, -0.25) is 4.79 Å². The monoisotopic (exact) mass is 306 g/mol. The molecule has 0 saturated heterocycles. The molecule has 92 valence electrons. The van der Waals surface area contributed by atoms with Gasteiger partial charge in [0.1, 0.15) is 11.7 Å². The van der Waals surface area contributed by atoms with Gasteiger partial charge in [0.05, 0.1) is 0 Å². The quantitative estimate of drug-likeness (QED) is 0.943. The molecule has 0 bridgehead atoms. The van der Waals surface area contributed by atoms with E-state index in [9.17, 15) is 9.90 Å². The first-order valence-electron chi connectivity index (χ1n) is 5.41. The first-order chi connectivity index (χ1) is 8.68.